The minimum atomic E-state index is -1.58. The van der Waals surface area contributed by atoms with Crippen LogP contribution in [-0.2, 0) is 35.2 Å². The molecule has 3 aromatic rings. The van der Waals surface area contributed by atoms with Gasteiger partial charge in [0, 0.05) is 39.1 Å². The highest BCUT2D eigenvalue weighted by Crippen LogP contribution is 2.26. The lowest BCUT2D eigenvalue weighted by Crippen LogP contribution is -2.45. The maximum absolute atomic E-state index is 12.9. The molecule has 0 saturated carbocycles. The van der Waals surface area contributed by atoms with Crippen molar-refractivity contribution in [1.82, 2.24) is 30.9 Å². The Hall–Kier alpha value is -5.99. The number of carbonyl (C=O) groups is 7. The number of hydrogen-bond donors (Lipinski definition) is 10. The van der Waals surface area contributed by atoms with Crippen molar-refractivity contribution >= 4 is 74.9 Å². The monoisotopic (exact) mass is 720 g/mol. The number of aromatic amines is 2. The number of nitrogens with two attached hydrogens (primary N) is 1. The summed E-state index contributed by atoms with van der Waals surface area (Å²) in [6.45, 7) is 0.447. The molecule has 270 valence electrons. The predicted octanol–water partition coefficient (Wildman–Crippen LogP) is -0.679. The number of carboxylic acid groups (broad SMARTS) is 4. The van der Waals surface area contributed by atoms with E-state index in [4.69, 9.17) is 15.9 Å². The van der Waals surface area contributed by atoms with Crippen molar-refractivity contribution in [3.8, 4) is 0 Å². The number of nitrogens with zero attached hydrogens (tertiary/aromatic N) is 2. The zero-order valence-electron chi connectivity index (χ0n) is 26.6. The fourth-order valence-electron chi connectivity index (χ4n) is 4.72. The van der Waals surface area contributed by atoms with Gasteiger partial charge in [0.1, 0.15) is 23.8 Å². The van der Waals surface area contributed by atoms with E-state index in [9.17, 15) is 48.6 Å². The normalized spacial score (nSPS) is 12.7. The van der Waals surface area contributed by atoms with E-state index in [-0.39, 0.29) is 16.4 Å². The fraction of sp³-hybridized carbons (Fsp3) is 0.414. The van der Waals surface area contributed by atoms with Crippen molar-refractivity contribution in [2.45, 2.75) is 63.1 Å². The molecule has 0 fully saturated rings. The van der Waals surface area contributed by atoms with Gasteiger partial charge in [0.2, 0.25) is 17.8 Å². The lowest BCUT2D eigenvalue weighted by Gasteiger charge is -2.18. The summed E-state index contributed by atoms with van der Waals surface area (Å²) in [5, 5.41) is 44.6. The molecule has 0 bridgehead atoms. The molecule has 0 aliphatic heterocycles. The first-order valence-electron chi connectivity index (χ1n) is 15.0. The van der Waals surface area contributed by atoms with E-state index in [1.165, 1.54) is 6.07 Å². The number of hydrogen-bond acceptors (Lipinski definition) is 12. The van der Waals surface area contributed by atoms with Gasteiger partial charge < -0.3 is 52.0 Å². The van der Waals surface area contributed by atoms with Gasteiger partial charge in [-0.3, -0.25) is 29.0 Å². The quantitative estimate of drug-likeness (QED) is 0.0691. The van der Waals surface area contributed by atoms with Crippen molar-refractivity contribution in [1.29, 1.82) is 0 Å². The Bertz CT molecular complexity index is 1820. The van der Waals surface area contributed by atoms with Gasteiger partial charge in [0.15, 0.2) is 0 Å². The topological polar surface area (TPSA) is 327 Å². The van der Waals surface area contributed by atoms with E-state index in [0.717, 1.165) is 11.3 Å². The highest BCUT2D eigenvalue weighted by molar-refractivity contribution is 7.18. The van der Waals surface area contributed by atoms with Gasteiger partial charge in [-0.1, -0.05) is 0 Å². The summed E-state index contributed by atoms with van der Waals surface area (Å²) in [6.07, 6.45) is -0.673. The average Bonchev–Trinajstić information content (AvgIpc) is 3.69. The second kappa shape index (κ2) is 17.4. The van der Waals surface area contributed by atoms with Gasteiger partial charge in [-0.25, -0.2) is 14.4 Å². The number of aliphatic carboxylic acids is 4. The molecular formula is C29H36N8O12S. The summed E-state index contributed by atoms with van der Waals surface area (Å²) in [5.74, 6) is -8.18. The molecule has 3 rings (SSSR count). The van der Waals surface area contributed by atoms with Crippen LogP contribution in [0.2, 0.25) is 0 Å². The van der Waals surface area contributed by atoms with Crippen LogP contribution in [0.25, 0.3) is 11.0 Å². The van der Waals surface area contributed by atoms with Crippen molar-refractivity contribution < 1.29 is 54.0 Å². The molecule has 0 aliphatic carbocycles. The van der Waals surface area contributed by atoms with Crippen LogP contribution in [0.1, 0.15) is 53.8 Å². The maximum atomic E-state index is 12.9. The summed E-state index contributed by atoms with van der Waals surface area (Å²) in [4.78, 5) is 107. The Morgan fingerprint density at radius 3 is 1.94 bits per heavy atom. The molecule has 3 amide bonds. The third-order valence-corrected chi connectivity index (χ3v) is 8.59. The van der Waals surface area contributed by atoms with Crippen molar-refractivity contribution in [3.05, 3.63) is 39.1 Å². The number of carbonyl (C=O) groups excluding carboxylic acids is 3. The molecule has 20 nitrogen and oxygen atoms in total. The molecule has 3 aromatic heterocycles. The molecule has 0 radical (unpaired) electrons. The lowest BCUT2D eigenvalue weighted by atomic mass is 10.1. The molecule has 50 heavy (non-hydrogen) atoms. The van der Waals surface area contributed by atoms with Gasteiger partial charge in [-0.15, -0.1) is 11.3 Å². The number of thiophene rings is 1. The van der Waals surface area contributed by atoms with Crippen LogP contribution < -0.4 is 32.1 Å². The lowest BCUT2D eigenvalue weighted by molar-refractivity contribution is -0.144. The largest absolute Gasteiger partial charge is 0.481 e. The SMILES string of the molecule is CN(CCc1c[nH]c2nc(N)[nH]c(=O)c12)c1ccc(C(=O)N[C@@H](CCC(=O)N[C@@H](CCC(=O)N[C@@H](CCC(=O)O)C(=O)O)C(=O)O)C(=O)O)s1. The number of H-pyrrole nitrogens is 2. The van der Waals surface area contributed by atoms with Crippen LogP contribution in [0.4, 0.5) is 10.9 Å². The fourth-order valence-corrected chi connectivity index (χ4v) is 5.62. The third-order valence-electron chi connectivity index (χ3n) is 7.39. The van der Waals surface area contributed by atoms with Crippen molar-refractivity contribution in [2.24, 2.45) is 0 Å². The first-order valence-corrected chi connectivity index (χ1v) is 15.8. The number of carboxylic acids is 4. The molecule has 0 saturated heterocycles. The van der Waals surface area contributed by atoms with Crippen LogP contribution in [0.3, 0.4) is 0 Å². The summed E-state index contributed by atoms with van der Waals surface area (Å²) in [6, 6.07) is -1.44. The smallest absolute Gasteiger partial charge is 0.326 e. The Kier molecular flexibility index (Phi) is 13.4. The first-order chi connectivity index (χ1) is 23.5. The standard InChI is InChI=1S/C29H36N8O12S/c1-37(11-10-13-12-31-23-22(13)25(43)36-29(30)35-23)20-8-5-17(50-20)24(42)34-16(28(48)49)3-7-19(39)32-14(26(44)45)2-6-18(38)33-15(27(46)47)4-9-21(40)41/h5,8,12,14-16H,2-4,6-7,9-11H2,1H3,(H,32,39)(H,33,38)(H,34,42)(H,40,41)(H,44,45)(H,46,47)(H,48,49)(H4,30,31,35,36,43)/t14-,15-,16-/m0/s1. The number of nitrogens with one attached hydrogen (secondary N) is 5. The van der Waals surface area contributed by atoms with Gasteiger partial charge in [0.25, 0.3) is 11.5 Å². The highest BCUT2D eigenvalue weighted by Gasteiger charge is 2.27. The Labute approximate surface area is 286 Å². The summed E-state index contributed by atoms with van der Waals surface area (Å²) in [7, 11) is 1.77. The van der Waals surface area contributed by atoms with Crippen LogP contribution in [0.15, 0.2) is 23.1 Å². The highest BCUT2D eigenvalue weighted by atomic mass is 32.1. The molecule has 0 unspecified atom stereocenters. The number of rotatable bonds is 20. The van der Waals surface area contributed by atoms with E-state index in [1.807, 2.05) is 4.90 Å². The number of nitrogen functional groups attached to an aromatic ring is 1. The van der Waals surface area contributed by atoms with Gasteiger partial charge in [-0.05, 0) is 43.4 Å². The minimum Gasteiger partial charge on any atom is -0.481 e. The number of amides is 3. The van der Waals surface area contributed by atoms with Crippen molar-refractivity contribution in [2.75, 3.05) is 24.2 Å². The van der Waals surface area contributed by atoms with E-state index in [0.29, 0.717) is 34.6 Å². The van der Waals surface area contributed by atoms with Crippen LogP contribution in [-0.4, -0.2) is 109 Å². The third kappa shape index (κ3) is 11.0. The van der Waals surface area contributed by atoms with E-state index in [2.05, 4.69) is 30.9 Å². The zero-order chi connectivity index (χ0) is 37.1. The van der Waals surface area contributed by atoms with E-state index < -0.39 is 98.2 Å². The zero-order valence-corrected chi connectivity index (χ0v) is 27.4. The van der Waals surface area contributed by atoms with Gasteiger partial charge in [0.05, 0.1) is 15.3 Å². The second-order valence-corrected chi connectivity index (χ2v) is 12.2. The van der Waals surface area contributed by atoms with Gasteiger partial charge in [-0.2, -0.15) is 4.98 Å². The summed E-state index contributed by atoms with van der Waals surface area (Å²) in [5.41, 5.74) is 6.27. The maximum Gasteiger partial charge on any atom is 0.326 e. The average molecular weight is 721 g/mol. The molecular weight excluding hydrogens is 684 g/mol. The van der Waals surface area contributed by atoms with Crippen molar-refractivity contribution in [3.63, 3.8) is 0 Å². The molecule has 11 N–H and O–H groups in total. The molecule has 3 heterocycles. The predicted molar refractivity (Wildman–Crippen MR) is 176 cm³/mol. The molecule has 0 aliphatic rings. The molecule has 21 heteroatoms. The van der Waals surface area contributed by atoms with Crippen LogP contribution in [0, 0.1) is 0 Å². The first kappa shape index (κ1) is 38.5. The Morgan fingerprint density at radius 1 is 0.860 bits per heavy atom. The molecule has 3 atom stereocenters. The molecule has 0 spiro atoms. The van der Waals surface area contributed by atoms with Gasteiger partial charge >= 0.3 is 23.9 Å². The van der Waals surface area contributed by atoms with E-state index >= 15 is 0 Å². The van der Waals surface area contributed by atoms with Crippen LogP contribution >= 0.6 is 11.3 Å². The number of anilines is 2. The van der Waals surface area contributed by atoms with Crippen LogP contribution in [0.5, 0.6) is 0 Å². The Morgan fingerprint density at radius 2 is 1.40 bits per heavy atom. The number of likely N-dealkylation sites (N-methyl/N-ethyl adjacent to an activating group) is 1. The van der Waals surface area contributed by atoms with E-state index in [1.54, 1.807) is 19.3 Å². The summed E-state index contributed by atoms with van der Waals surface area (Å²) >= 11 is 1.08. The number of aromatic nitrogens is 3. The minimum absolute atomic E-state index is 0.0137. The number of fused-ring (bicyclic) bond motifs is 1. The molecule has 0 aromatic carbocycles. The summed E-state index contributed by atoms with van der Waals surface area (Å²) < 4.78 is 0. The Balaban J connectivity index is 1.50. The second-order valence-electron chi connectivity index (χ2n) is 11.1.